The van der Waals surface area contributed by atoms with Crippen LogP contribution in [0.2, 0.25) is 0 Å². The molecular formula is C16H26N2. The van der Waals surface area contributed by atoms with Crippen molar-refractivity contribution in [1.29, 1.82) is 0 Å². The third kappa shape index (κ3) is 3.33. The normalized spacial score (nSPS) is 18.9. The smallest absolute Gasteiger partial charge is 0.0499 e. The van der Waals surface area contributed by atoms with Gasteiger partial charge in [-0.3, -0.25) is 4.90 Å². The number of benzene rings is 1. The standard InChI is InChI=1S/C16H26N2/c1-3-4-12-18(15-10-11-15)16(13(2)17)14-8-6-5-7-9-14/h5-9,13,15-16H,3-4,10-12,17H2,1-2H3. The zero-order chi connectivity index (χ0) is 13.0. The number of hydrogen-bond donors (Lipinski definition) is 1. The lowest BCUT2D eigenvalue weighted by atomic mass is 9.98. The van der Waals surface area contributed by atoms with Crippen LogP contribution in [-0.2, 0) is 0 Å². The maximum absolute atomic E-state index is 6.27. The monoisotopic (exact) mass is 246 g/mol. The summed E-state index contributed by atoms with van der Waals surface area (Å²) in [5, 5.41) is 0. The molecule has 0 saturated heterocycles. The SMILES string of the molecule is CCCCN(C1CC1)C(c1ccccc1)C(C)N. The van der Waals surface area contributed by atoms with E-state index < -0.39 is 0 Å². The molecule has 18 heavy (non-hydrogen) atoms. The van der Waals surface area contributed by atoms with Gasteiger partial charge in [0.25, 0.3) is 0 Å². The van der Waals surface area contributed by atoms with Crippen molar-refractivity contribution in [3.63, 3.8) is 0 Å². The van der Waals surface area contributed by atoms with E-state index in [2.05, 4.69) is 49.1 Å². The van der Waals surface area contributed by atoms with Crippen molar-refractivity contribution >= 4 is 0 Å². The predicted molar refractivity (Wildman–Crippen MR) is 77.5 cm³/mol. The zero-order valence-corrected chi connectivity index (χ0v) is 11.7. The van der Waals surface area contributed by atoms with Crippen molar-refractivity contribution in [3.05, 3.63) is 35.9 Å². The lowest BCUT2D eigenvalue weighted by molar-refractivity contribution is 0.164. The van der Waals surface area contributed by atoms with E-state index in [9.17, 15) is 0 Å². The Hall–Kier alpha value is -0.860. The van der Waals surface area contributed by atoms with Crippen molar-refractivity contribution in [3.8, 4) is 0 Å². The predicted octanol–water partition coefficient (Wildman–Crippen LogP) is 3.34. The van der Waals surface area contributed by atoms with Crippen LogP contribution in [0, 0.1) is 0 Å². The number of rotatable bonds is 7. The summed E-state index contributed by atoms with van der Waals surface area (Å²) in [6.45, 7) is 5.58. The summed E-state index contributed by atoms with van der Waals surface area (Å²) in [6, 6.07) is 12.1. The molecule has 2 rings (SSSR count). The second-order valence-electron chi connectivity index (χ2n) is 5.54. The molecule has 0 aromatic heterocycles. The molecule has 0 bridgehead atoms. The summed E-state index contributed by atoms with van der Waals surface area (Å²) in [7, 11) is 0. The van der Waals surface area contributed by atoms with Crippen LogP contribution in [0.25, 0.3) is 0 Å². The Morgan fingerprint density at radius 3 is 2.44 bits per heavy atom. The molecule has 1 fully saturated rings. The van der Waals surface area contributed by atoms with E-state index in [1.54, 1.807) is 0 Å². The van der Waals surface area contributed by atoms with Crippen LogP contribution in [0.4, 0.5) is 0 Å². The largest absolute Gasteiger partial charge is 0.326 e. The summed E-state index contributed by atoms with van der Waals surface area (Å²) in [6.07, 6.45) is 5.22. The highest BCUT2D eigenvalue weighted by molar-refractivity contribution is 5.21. The van der Waals surface area contributed by atoms with E-state index in [0.717, 1.165) is 6.04 Å². The van der Waals surface area contributed by atoms with Gasteiger partial charge in [-0.15, -0.1) is 0 Å². The Labute approximate surface area is 111 Å². The molecule has 0 radical (unpaired) electrons. The van der Waals surface area contributed by atoms with Crippen molar-refractivity contribution in [1.82, 2.24) is 4.90 Å². The first-order valence-electron chi connectivity index (χ1n) is 7.30. The molecule has 0 spiro atoms. The summed E-state index contributed by atoms with van der Waals surface area (Å²) in [5.74, 6) is 0. The molecule has 2 atom stereocenters. The molecule has 1 aliphatic rings. The molecule has 1 saturated carbocycles. The van der Waals surface area contributed by atoms with Crippen molar-refractivity contribution in [2.45, 2.75) is 57.7 Å². The van der Waals surface area contributed by atoms with Crippen LogP contribution in [0.15, 0.2) is 30.3 Å². The zero-order valence-electron chi connectivity index (χ0n) is 11.7. The van der Waals surface area contributed by atoms with Gasteiger partial charge in [0.1, 0.15) is 0 Å². The van der Waals surface area contributed by atoms with E-state index in [1.807, 2.05) is 0 Å². The van der Waals surface area contributed by atoms with Crippen LogP contribution in [0.1, 0.15) is 51.1 Å². The fourth-order valence-corrected chi connectivity index (χ4v) is 2.74. The van der Waals surface area contributed by atoms with Crippen molar-refractivity contribution < 1.29 is 0 Å². The highest BCUT2D eigenvalue weighted by Gasteiger charge is 2.35. The molecule has 1 aromatic rings. The van der Waals surface area contributed by atoms with Gasteiger partial charge in [-0.25, -0.2) is 0 Å². The second-order valence-corrected chi connectivity index (χ2v) is 5.54. The van der Waals surface area contributed by atoms with Gasteiger partial charge in [0, 0.05) is 18.1 Å². The van der Waals surface area contributed by atoms with E-state index in [1.165, 1.54) is 37.8 Å². The first-order valence-corrected chi connectivity index (χ1v) is 7.30. The number of nitrogens with zero attached hydrogens (tertiary/aromatic N) is 1. The van der Waals surface area contributed by atoms with Crippen LogP contribution in [0.5, 0.6) is 0 Å². The van der Waals surface area contributed by atoms with Gasteiger partial charge in [-0.2, -0.15) is 0 Å². The van der Waals surface area contributed by atoms with Gasteiger partial charge in [-0.05, 0) is 38.3 Å². The average Bonchev–Trinajstić information content (AvgIpc) is 3.19. The van der Waals surface area contributed by atoms with E-state index in [-0.39, 0.29) is 6.04 Å². The molecule has 0 amide bonds. The van der Waals surface area contributed by atoms with Gasteiger partial charge >= 0.3 is 0 Å². The fourth-order valence-electron chi connectivity index (χ4n) is 2.74. The van der Waals surface area contributed by atoms with Gasteiger partial charge in [0.2, 0.25) is 0 Å². The maximum Gasteiger partial charge on any atom is 0.0499 e. The molecule has 1 aliphatic carbocycles. The molecule has 0 aliphatic heterocycles. The van der Waals surface area contributed by atoms with E-state index in [0.29, 0.717) is 6.04 Å². The quantitative estimate of drug-likeness (QED) is 0.799. The van der Waals surface area contributed by atoms with Gasteiger partial charge < -0.3 is 5.73 Å². The molecule has 1 aromatic carbocycles. The Bertz CT molecular complexity index is 343. The Kier molecular flexibility index (Phi) is 4.79. The minimum absolute atomic E-state index is 0.185. The lowest BCUT2D eigenvalue weighted by Gasteiger charge is -2.35. The lowest BCUT2D eigenvalue weighted by Crippen LogP contribution is -2.41. The first-order chi connectivity index (χ1) is 8.74. The summed E-state index contributed by atoms with van der Waals surface area (Å²) < 4.78 is 0. The summed E-state index contributed by atoms with van der Waals surface area (Å²) in [5.41, 5.74) is 7.64. The number of hydrogen-bond acceptors (Lipinski definition) is 2. The Morgan fingerprint density at radius 2 is 1.94 bits per heavy atom. The summed E-state index contributed by atoms with van der Waals surface area (Å²) >= 11 is 0. The number of unbranched alkanes of at least 4 members (excludes halogenated alkanes) is 1. The van der Waals surface area contributed by atoms with Crippen molar-refractivity contribution in [2.24, 2.45) is 5.73 Å². The van der Waals surface area contributed by atoms with E-state index in [4.69, 9.17) is 5.73 Å². The molecule has 2 N–H and O–H groups in total. The molecule has 2 heteroatoms. The highest BCUT2D eigenvalue weighted by Crippen LogP contribution is 2.35. The van der Waals surface area contributed by atoms with Gasteiger partial charge in [0.15, 0.2) is 0 Å². The van der Waals surface area contributed by atoms with Gasteiger partial charge in [-0.1, -0.05) is 43.7 Å². The second kappa shape index (κ2) is 6.35. The summed E-state index contributed by atoms with van der Waals surface area (Å²) in [4.78, 5) is 2.64. The minimum Gasteiger partial charge on any atom is -0.326 e. The topological polar surface area (TPSA) is 29.3 Å². The average molecular weight is 246 g/mol. The molecule has 2 unspecified atom stereocenters. The molecule has 2 nitrogen and oxygen atoms in total. The van der Waals surface area contributed by atoms with Crippen LogP contribution >= 0.6 is 0 Å². The number of nitrogens with two attached hydrogens (primary N) is 1. The first kappa shape index (κ1) is 13.6. The minimum atomic E-state index is 0.185. The Morgan fingerprint density at radius 1 is 1.28 bits per heavy atom. The van der Waals surface area contributed by atoms with Gasteiger partial charge in [0.05, 0.1) is 0 Å². The van der Waals surface area contributed by atoms with Crippen LogP contribution < -0.4 is 5.73 Å². The van der Waals surface area contributed by atoms with E-state index >= 15 is 0 Å². The molecule has 0 heterocycles. The third-order valence-corrected chi connectivity index (χ3v) is 3.78. The Balaban J connectivity index is 2.16. The fraction of sp³-hybridized carbons (Fsp3) is 0.625. The van der Waals surface area contributed by atoms with Crippen molar-refractivity contribution in [2.75, 3.05) is 6.54 Å². The maximum atomic E-state index is 6.27. The third-order valence-electron chi connectivity index (χ3n) is 3.78. The highest BCUT2D eigenvalue weighted by atomic mass is 15.2. The molecular weight excluding hydrogens is 220 g/mol. The molecule has 100 valence electrons. The van der Waals surface area contributed by atoms with Crippen LogP contribution in [0.3, 0.4) is 0 Å². The van der Waals surface area contributed by atoms with Crippen LogP contribution in [-0.4, -0.2) is 23.5 Å².